The van der Waals surface area contributed by atoms with Crippen LogP contribution in [0.2, 0.25) is 0 Å². The van der Waals surface area contributed by atoms with Crippen molar-refractivity contribution >= 4 is 5.97 Å². The van der Waals surface area contributed by atoms with Crippen LogP contribution in [0.4, 0.5) is 8.78 Å². The van der Waals surface area contributed by atoms with E-state index in [9.17, 15) is 13.6 Å². The summed E-state index contributed by atoms with van der Waals surface area (Å²) in [5.41, 5.74) is 6.14. The van der Waals surface area contributed by atoms with Gasteiger partial charge in [0.15, 0.2) is 0 Å². The standard InChI is InChI=1S/C11H14F2N2O2/c1-6-8(4-10(16)17-2)9(11(12)13)3-7(5-14)15-6/h3,11H,4-5,14H2,1-2H3. The van der Waals surface area contributed by atoms with E-state index in [2.05, 4.69) is 9.72 Å². The molecule has 2 N–H and O–H groups in total. The number of aryl methyl sites for hydroxylation is 1. The van der Waals surface area contributed by atoms with Gasteiger partial charge in [0.1, 0.15) is 0 Å². The molecule has 6 heteroatoms. The highest BCUT2D eigenvalue weighted by atomic mass is 19.3. The fourth-order valence-electron chi connectivity index (χ4n) is 1.54. The molecule has 17 heavy (non-hydrogen) atoms. The summed E-state index contributed by atoms with van der Waals surface area (Å²) in [5, 5.41) is 0. The zero-order valence-corrected chi connectivity index (χ0v) is 9.67. The Morgan fingerprint density at radius 1 is 1.59 bits per heavy atom. The first kappa shape index (κ1) is 13.5. The van der Waals surface area contributed by atoms with E-state index in [1.165, 1.54) is 13.2 Å². The number of hydrogen-bond acceptors (Lipinski definition) is 4. The van der Waals surface area contributed by atoms with Crippen LogP contribution < -0.4 is 5.73 Å². The van der Waals surface area contributed by atoms with Crippen molar-refractivity contribution in [3.05, 3.63) is 28.6 Å². The maximum atomic E-state index is 12.9. The average molecular weight is 244 g/mol. The molecule has 0 bridgehead atoms. The lowest BCUT2D eigenvalue weighted by atomic mass is 10.0. The van der Waals surface area contributed by atoms with Crippen LogP contribution in [0.5, 0.6) is 0 Å². The number of methoxy groups -OCH3 is 1. The van der Waals surface area contributed by atoms with E-state index in [1.807, 2.05) is 0 Å². The summed E-state index contributed by atoms with van der Waals surface area (Å²) in [7, 11) is 1.21. The number of halogens is 2. The summed E-state index contributed by atoms with van der Waals surface area (Å²) in [4.78, 5) is 15.2. The highest BCUT2D eigenvalue weighted by Crippen LogP contribution is 2.26. The third kappa shape index (κ3) is 3.20. The van der Waals surface area contributed by atoms with Crippen molar-refractivity contribution in [3.63, 3.8) is 0 Å². The molecule has 0 saturated carbocycles. The highest BCUT2D eigenvalue weighted by Gasteiger charge is 2.19. The number of carbonyl (C=O) groups excluding carboxylic acids is 1. The van der Waals surface area contributed by atoms with Crippen LogP contribution in [0, 0.1) is 6.92 Å². The zero-order valence-electron chi connectivity index (χ0n) is 9.67. The van der Waals surface area contributed by atoms with Gasteiger partial charge in [-0.1, -0.05) is 0 Å². The van der Waals surface area contributed by atoms with Crippen molar-refractivity contribution in [2.75, 3.05) is 7.11 Å². The lowest BCUT2D eigenvalue weighted by Crippen LogP contribution is -2.12. The Morgan fingerprint density at radius 2 is 2.24 bits per heavy atom. The zero-order chi connectivity index (χ0) is 13.0. The van der Waals surface area contributed by atoms with Gasteiger partial charge in [0.25, 0.3) is 6.43 Å². The molecule has 0 fully saturated rings. The average Bonchev–Trinajstić information content (AvgIpc) is 2.30. The van der Waals surface area contributed by atoms with Crippen LogP contribution in [-0.4, -0.2) is 18.1 Å². The third-order valence-electron chi connectivity index (χ3n) is 2.41. The van der Waals surface area contributed by atoms with E-state index in [4.69, 9.17) is 5.73 Å². The molecule has 4 nitrogen and oxygen atoms in total. The Balaban J connectivity index is 3.21. The summed E-state index contributed by atoms with van der Waals surface area (Å²) >= 11 is 0. The molecule has 1 heterocycles. The second-order valence-electron chi connectivity index (χ2n) is 3.52. The van der Waals surface area contributed by atoms with Crippen LogP contribution in [0.15, 0.2) is 6.07 Å². The van der Waals surface area contributed by atoms with Gasteiger partial charge in [0.2, 0.25) is 0 Å². The molecular weight excluding hydrogens is 230 g/mol. The van der Waals surface area contributed by atoms with Crippen LogP contribution in [0.1, 0.15) is 28.9 Å². The molecule has 0 aliphatic carbocycles. The molecule has 0 aliphatic heterocycles. The molecule has 0 saturated heterocycles. The van der Waals surface area contributed by atoms with Gasteiger partial charge >= 0.3 is 5.97 Å². The molecule has 0 spiro atoms. The Kier molecular flexibility index (Phi) is 4.51. The molecule has 0 atom stereocenters. The maximum absolute atomic E-state index is 12.9. The summed E-state index contributed by atoms with van der Waals surface area (Å²) in [6.07, 6.45) is -2.87. The molecular formula is C11H14F2N2O2. The van der Waals surface area contributed by atoms with E-state index in [1.54, 1.807) is 6.92 Å². The number of hydrogen-bond donors (Lipinski definition) is 1. The molecule has 1 rings (SSSR count). The third-order valence-corrected chi connectivity index (χ3v) is 2.41. The van der Waals surface area contributed by atoms with Gasteiger partial charge in [-0.05, 0) is 18.6 Å². The van der Waals surface area contributed by atoms with E-state index >= 15 is 0 Å². The lowest BCUT2D eigenvalue weighted by Gasteiger charge is -2.12. The molecule has 0 aromatic carbocycles. The van der Waals surface area contributed by atoms with Crippen molar-refractivity contribution in [2.45, 2.75) is 26.3 Å². The number of nitrogens with zero attached hydrogens (tertiary/aromatic N) is 1. The smallest absolute Gasteiger partial charge is 0.310 e. The van der Waals surface area contributed by atoms with Crippen molar-refractivity contribution < 1.29 is 18.3 Å². The second kappa shape index (κ2) is 5.67. The number of ether oxygens (including phenoxy) is 1. The predicted molar refractivity (Wildman–Crippen MR) is 57.5 cm³/mol. The Hall–Kier alpha value is -1.56. The summed E-state index contributed by atoms with van der Waals surface area (Å²) in [5.74, 6) is -0.572. The van der Waals surface area contributed by atoms with Gasteiger partial charge in [-0.3, -0.25) is 9.78 Å². The molecule has 1 aromatic heterocycles. The Labute approximate surface area is 97.8 Å². The Morgan fingerprint density at radius 3 is 2.71 bits per heavy atom. The number of alkyl halides is 2. The first-order chi connectivity index (χ1) is 7.99. The minimum Gasteiger partial charge on any atom is -0.469 e. The highest BCUT2D eigenvalue weighted by molar-refractivity contribution is 5.73. The summed E-state index contributed by atoms with van der Waals surface area (Å²) < 4.78 is 30.2. The summed E-state index contributed by atoms with van der Waals surface area (Å²) in [6.45, 7) is 1.66. The molecule has 0 unspecified atom stereocenters. The van der Waals surface area contributed by atoms with Crippen molar-refractivity contribution in [3.8, 4) is 0 Å². The largest absolute Gasteiger partial charge is 0.469 e. The van der Waals surface area contributed by atoms with Gasteiger partial charge < -0.3 is 10.5 Å². The number of carbonyl (C=O) groups is 1. The van der Waals surface area contributed by atoms with Gasteiger partial charge in [-0.15, -0.1) is 0 Å². The summed E-state index contributed by atoms with van der Waals surface area (Å²) in [6, 6.07) is 1.23. The van der Waals surface area contributed by atoms with Gasteiger partial charge in [0.05, 0.1) is 19.2 Å². The van der Waals surface area contributed by atoms with Crippen molar-refractivity contribution in [2.24, 2.45) is 5.73 Å². The number of esters is 1. The normalized spacial score (nSPS) is 10.7. The van der Waals surface area contributed by atoms with E-state index in [0.717, 1.165) is 0 Å². The second-order valence-corrected chi connectivity index (χ2v) is 3.52. The van der Waals surface area contributed by atoms with Crippen LogP contribution in [0.3, 0.4) is 0 Å². The molecule has 0 aliphatic rings. The van der Waals surface area contributed by atoms with Crippen LogP contribution in [0.25, 0.3) is 0 Å². The minimum absolute atomic E-state index is 0.0824. The van der Waals surface area contributed by atoms with Gasteiger partial charge in [-0.25, -0.2) is 8.78 Å². The SMILES string of the molecule is COC(=O)Cc1c(C(F)F)cc(CN)nc1C. The molecule has 1 aromatic rings. The molecule has 94 valence electrons. The molecule has 0 radical (unpaired) electrons. The van der Waals surface area contributed by atoms with E-state index in [-0.39, 0.29) is 24.1 Å². The van der Waals surface area contributed by atoms with E-state index in [0.29, 0.717) is 11.4 Å². The fraction of sp³-hybridized carbons (Fsp3) is 0.455. The fourth-order valence-corrected chi connectivity index (χ4v) is 1.54. The first-order valence-electron chi connectivity index (χ1n) is 5.04. The maximum Gasteiger partial charge on any atom is 0.310 e. The predicted octanol–water partition coefficient (Wildman–Crippen LogP) is 1.50. The van der Waals surface area contributed by atoms with Crippen molar-refractivity contribution in [1.82, 2.24) is 4.98 Å². The minimum atomic E-state index is -2.67. The first-order valence-corrected chi connectivity index (χ1v) is 5.04. The number of pyridine rings is 1. The number of aromatic nitrogens is 1. The van der Waals surface area contributed by atoms with Gasteiger partial charge in [0, 0.05) is 17.8 Å². The van der Waals surface area contributed by atoms with Crippen LogP contribution >= 0.6 is 0 Å². The Bertz CT molecular complexity index is 422. The number of rotatable bonds is 4. The van der Waals surface area contributed by atoms with Gasteiger partial charge in [-0.2, -0.15) is 0 Å². The number of nitrogens with two attached hydrogens (primary N) is 1. The molecule has 0 amide bonds. The quantitative estimate of drug-likeness (QED) is 0.815. The van der Waals surface area contributed by atoms with E-state index < -0.39 is 12.4 Å². The van der Waals surface area contributed by atoms with Crippen LogP contribution in [-0.2, 0) is 22.5 Å². The monoisotopic (exact) mass is 244 g/mol. The topological polar surface area (TPSA) is 65.2 Å². The lowest BCUT2D eigenvalue weighted by molar-refractivity contribution is -0.139. The van der Waals surface area contributed by atoms with Crippen molar-refractivity contribution in [1.29, 1.82) is 0 Å².